The van der Waals surface area contributed by atoms with Crippen LogP contribution < -0.4 is 0 Å². The summed E-state index contributed by atoms with van der Waals surface area (Å²) in [7, 11) is -3.27. The molecular formula is C15H30O3S. The summed E-state index contributed by atoms with van der Waals surface area (Å²) in [5.74, 6) is 1.51. The highest BCUT2D eigenvalue weighted by molar-refractivity contribution is 7.85. The molecule has 0 radical (unpaired) electrons. The molecule has 0 N–H and O–H groups in total. The topological polar surface area (TPSA) is 43.4 Å². The maximum Gasteiger partial charge on any atom is 0.264 e. The first-order valence-corrected chi connectivity index (χ1v) is 9.67. The lowest BCUT2D eigenvalue weighted by atomic mass is 9.80. The third kappa shape index (κ3) is 8.64. The van der Waals surface area contributed by atoms with Gasteiger partial charge in [0.25, 0.3) is 10.1 Å². The van der Waals surface area contributed by atoms with Crippen LogP contribution in [0, 0.1) is 11.8 Å². The van der Waals surface area contributed by atoms with Crippen LogP contribution in [-0.4, -0.2) is 21.3 Å². The largest absolute Gasteiger partial charge is 0.270 e. The van der Waals surface area contributed by atoms with Crippen LogP contribution in [-0.2, 0) is 14.3 Å². The molecule has 0 amide bonds. The minimum absolute atomic E-state index is 0.361. The Bertz CT molecular complexity index is 318. The van der Waals surface area contributed by atoms with Crippen LogP contribution in [0.1, 0.15) is 71.1 Å². The van der Waals surface area contributed by atoms with Gasteiger partial charge in [0.2, 0.25) is 0 Å². The van der Waals surface area contributed by atoms with Crippen LogP contribution >= 0.6 is 0 Å². The van der Waals surface area contributed by atoms with Gasteiger partial charge >= 0.3 is 0 Å². The van der Waals surface area contributed by atoms with E-state index in [1.54, 1.807) is 0 Å². The van der Waals surface area contributed by atoms with E-state index >= 15 is 0 Å². The van der Waals surface area contributed by atoms with E-state index in [1.807, 2.05) is 0 Å². The molecule has 4 heteroatoms. The Morgan fingerprint density at radius 1 is 1.16 bits per heavy atom. The maximum absolute atomic E-state index is 11.0. The molecule has 1 saturated carbocycles. The quantitative estimate of drug-likeness (QED) is 0.600. The summed E-state index contributed by atoms with van der Waals surface area (Å²) >= 11 is 0. The van der Waals surface area contributed by atoms with Crippen LogP contribution in [0.4, 0.5) is 0 Å². The lowest BCUT2D eigenvalue weighted by Gasteiger charge is -2.26. The number of hydrogen-bond donors (Lipinski definition) is 0. The highest BCUT2D eigenvalue weighted by Crippen LogP contribution is 2.32. The third-order valence-corrected chi connectivity index (χ3v) is 4.78. The maximum atomic E-state index is 11.0. The van der Waals surface area contributed by atoms with E-state index in [1.165, 1.54) is 57.8 Å². The molecule has 3 nitrogen and oxygen atoms in total. The SMILES string of the molecule is CCCCC(CCOS(C)(=O)=O)CC1CCCCC1. The second-order valence-corrected chi connectivity index (χ2v) is 7.71. The van der Waals surface area contributed by atoms with E-state index in [4.69, 9.17) is 4.18 Å². The van der Waals surface area contributed by atoms with E-state index < -0.39 is 10.1 Å². The smallest absolute Gasteiger partial charge is 0.264 e. The second-order valence-electron chi connectivity index (χ2n) is 6.06. The molecule has 0 aliphatic heterocycles. The zero-order chi connectivity index (χ0) is 14.1. The van der Waals surface area contributed by atoms with Crippen LogP contribution in [0.25, 0.3) is 0 Å². The van der Waals surface area contributed by atoms with Gasteiger partial charge in [-0.25, -0.2) is 0 Å². The third-order valence-electron chi connectivity index (χ3n) is 4.18. The first kappa shape index (κ1) is 17.0. The van der Waals surface area contributed by atoms with Crippen molar-refractivity contribution in [2.45, 2.75) is 71.1 Å². The average Bonchev–Trinajstić information content (AvgIpc) is 2.35. The van der Waals surface area contributed by atoms with Gasteiger partial charge in [-0.3, -0.25) is 4.18 Å². The van der Waals surface area contributed by atoms with Crippen molar-refractivity contribution < 1.29 is 12.6 Å². The van der Waals surface area contributed by atoms with Crippen molar-refractivity contribution >= 4 is 10.1 Å². The summed E-state index contributed by atoms with van der Waals surface area (Å²) in [6, 6.07) is 0. The van der Waals surface area contributed by atoms with Gasteiger partial charge < -0.3 is 0 Å². The van der Waals surface area contributed by atoms with Crippen molar-refractivity contribution in [3.63, 3.8) is 0 Å². The van der Waals surface area contributed by atoms with Gasteiger partial charge in [-0.15, -0.1) is 0 Å². The fraction of sp³-hybridized carbons (Fsp3) is 1.00. The first-order chi connectivity index (χ1) is 9.01. The molecule has 1 fully saturated rings. The molecule has 0 aromatic rings. The average molecular weight is 290 g/mol. The zero-order valence-corrected chi connectivity index (χ0v) is 13.4. The van der Waals surface area contributed by atoms with Gasteiger partial charge in [0.1, 0.15) is 0 Å². The van der Waals surface area contributed by atoms with Gasteiger partial charge in [0.05, 0.1) is 12.9 Å². The van der Waals surface area contributed by atoms with Crippen molar-refractivity contribution in [3.05, 3.63) is 0 Å². The van der Waals surface area contributed by atoms with E-state index in [2.05, 4.69) is 6.92 Å². The lowest BCUT2D eigenvalue weighted by molar-refractivity contribution is 0.228. The lowest BCUT2D eigenvalue weighted by Crippen LogP contribution is -2.15. The summed E-state index contributed by atoms with van der Waals surface area (Å²) in [6.45, 7) is 2.57. The van der Waals surface area contributed by atoms with Gasteiger partial charge in [-0.1, -0.05) is 58.3 Å². The predicted octanol–water partition coefficient (Wildman–Crippen LogP) is 4.13. The Morgan fingerprint density at radius 3 is 2.42 bits per heavy atom. The summed E-state index contributed by atoms with van der Waals surface area (Å²) in [5, 5.41) is 0. The molecule has 0 heterocycles. The molecule has 0 spiro atoms. The summed E-state index contributed by atoms with van der Waals surface area (Å²) < 4.78 is 26.9. The van der Waals surface area contributed by atoms with Crippen LogP contribution in [0.3, 0.4) is 0 Å². The minimum Gasteiger partial charge on any atom is -0.270 e. The van der Waals surface area contributed by atoms with Crippen molar-refractivity contribution in [2.24, 2.45) is 11.8 Å². The standard InChI is InChI=1S/C15H30O3S/c1-3-4-8-15(11-12-18-19(2,16)17)13-14-9-6-5-7-10-14/h14-15H,3-13H2,1-2H3. The summed E-state index contributed by atoms with van der Waals surface area (Å²) in [5.41, 5.74) is 0. The van der Waals surface area contributed by atoms with E-state index in [0.717, 1.165) is 18.6 Å². The summed E-state index contributed by atoms with van der Waals surface area (Å²) in [4.78, 5) is 0. The first-order valence-electron chi connectivity index (χ1n) is 7.85. The van der Waals surface area contributed by atoms with E-state index in [0.29, 0.717) is 12.5 Å². The molecule has 0 bridgehead atoms. The Balaban J connectivity index is 2.32. The van der Waals surface area contributed by atoms with Gasteiger partial charge in [-0.2, -0.15) is 8.42 Å². The van der Waals surface area contributed by atoms with Gasteiger partial charge in [0, 0.05) is 0 Å². The van der Waals surface area contributed by atoms with Crippen LogP contribution in [0.15, 0.2) is 0 Å². The zero-order valence-electron chi connectivity index (χ0n) is 12.6. The molecule has 1 atom stereocenters. The molecule has 1 rings (SSSR count). The Morgan fingerprint density at radius 2 is 1.84 bits per heavy atom. The summed E-state index contributed by atoms with van der Waals surface area (Å²) in [6.07, 6.45) is 13.9. The fourth-order valence-electron chi connectivity index (χ4n) is 3.13. The van der Waals surface area contributed by atoms with Crippen molar-refractivity contribution in [2.75, 3.05) is 12.9 Å². The molecule has 1 unspecified atom stereocenters. The Kier molecular flexibility index (Phi) is 8.00. The Labute approximate surface area is 119 Å². The second kappa shape index (κ2) is 8.96. The number of rotatable bonds is 9. The predicted molar refractivity (Wildman–Crippen MR) is 79.6 cm³/mol. The number of unbranched alkanes of at least 4 members (excludes halogenated alkanes) is 1. The van der Waals surface area contributed by atoms with Crippen molar-refractivity contribution in [1.82, 2.24) is 0 Å². The number of hydrogen-bond acceptors (Lipinski definition) is 3. The van der Waals surface area contributed by atoms with Crippen LogP contribution in [0.2, 0.25) is 0 Å². The molecule has 114 valence electrons. The highest BCUT2D eigenvalue weighted by Gasteiger charge is 2.19. The molecule has 1 aliphatic carbocycles. The van der Waals surface area contributed by atoms with Gasteiger partial charge in [-0.05, 0) is 24.7 Å². The normalized spacial score (nSPS) is 19.5. The molecule has 0 aromatic carbocycles. The minimum atomic E-state index is -3.27. The molecule has 0 aromatic heterocycles. The molecule has 19 heavy (non-hydrogen) atoms. The van der Waals surface area contributed by atoms with Gasteiger partial charge in [0.15, 0.2) is 0 Å². The van der Waals surface area contributed by atoms with E-state index in [9.17, 15) is 8.42 Å². The fourth-order valence-corrected chi connectivity index (χ4v) is 3.53. The van der Waals surface area contributed by atoms with E-state index in [-0.39, 0.29) is 0 Å². The van der Waals surface area contributed by atoms with Crippen molar-refractivity contribution in [1.29, 1.82) is 0 Å². The molecular weight excluding hydrogens is 260 g/mol. The Hall–Kier alpha value is -0.0900. The highest BCUT2D eigenvalue weighted by atomic mass is 32.2. The van der Waals surface area contributed by atoms with Crippen molar-refractivity contribution in [3.8, 4) is 0 Å². The monoisotopic (exact) mass is 290 g/mol. The van der Waals surface area contributed by atoms with Crippen LogP contribution in [0.5, 0.6) is 0 Å². The molecule has 0 saturated heterocycles. The molecule has 1 aliphatic rings.